The van der Waals surface area contributed by atoms with Crippen molar-refractivity contribution in [1.82, 2.24) is 4.98 Å². The van der Waals surface area contributed by atoms with E-state index in [9.17, 15) is 0 Å². The van der Waals surface area contributed by atoms with Crippen molar-refractivity contribution in [2.24, 2.45) is 0 Å². The van der Waals surface area contributed by atoms with Gasteiger partial charge in [0.15, 0.2) is 0 Å². The van der Waals surface area contributed by atoms with Gasteiger partial charge in [-0.15, -0.1) is 0 Å². The van der Waals surface area contributed by atoms with E-state index in [0.29, 0.717) is 5.15 Å². The minimum Gasteiger partial charge on any atom is -0.377 e. The van der Waals surface area contributed by atoms with Crippen LogP contribution in [0, 0.1) is 6.07 Å². The highest BCUT2D eigenvalue weighted by Gasteiger charge is 2.16. The molecule has 1 aromatic heterocycles. The Morgan fingerprint density at radius 1 is 1.10 bits per heavy atom. The number of halogens is 1. The summed E-state index contributed by atoms with van der Waals surface area (Å²) >= 11 is 6.44. The van der Waals surface area contributed by atoms with Gasteiger partial charge >= 0.3 is 0 Å². The Hall–Kier alpha value is -2.06. The zero-order valence-electron chi connectivity index (χ0n) is 11.4. The van der Waals surface area contributed by atoms with Gasteiger partial charge in [0.2, 0.25) is 0 Å². The highest BCUT2D eigenvalue weighted by Crippen LogP contribution is 2.39. The lowest BCUT2D eigenvalue weighted by atomic mass is 10.0. The minimum absolute atomic E-state index is 0.526. The quantitative estimate of drug-likeness (QED) is 0.646. The van der Waals surface area contributed by atoms with E-state index in [0.717, 1.165) is 27.7 Å². The van der Waals surface area contributed by atoms with Crippen LogP contribution in [0.15, 0.2) is 48.5 Å². The van der Waals surface area contributed by atoms with Crippen LogP contribution in [0.2, 0.25) is 5.15 Å². The maximum absolute atomic E-state index is 6.44. The van der Waals surface area contributed by atoms with Gasteiger partial charge in [0.1, 0.15) is 5.15 Å². The lowest BCUT2D eigenvalue weighted by Crippen LogP contribution is -2.11. The third-order valence-corrected chi connectivity index (χ3v) is 3.54. The predicted molar refractivity (Wildman–Crippen MR) is 85.4 cm³/mol. The molecular weight excluding hydrogens is 268 g/mol. The summed E-state index contributed by atoms with van der Waals surface area (Å²) < 4.78 is 0. The molecule has 3 aromatic rings. The molecule has 0 aliphatic heterocycles. The molecule has 2 nitrogen and oxygen atoms in total. The van der Waals surface area contributed by atoms with Crippen molar-refractivity contribution in [3.63, 3.8) is 0 Å². The smallest absolute Gasteiger partial charge is 0.139 e. The molecule has 0 saturated carbocycles. The van der Waals surface area contributed by atoms with Gasteiger partial charge in [-0.2, -0.15) is 0 Å². The van der Waals surface area contributed by atoms with Gasteiger partial charge in [0.25, 0.3) is 0 Å². The third kappa shape index (κ3) is 2.12. The van der Waals surface area contributed by atoms with Crippen LogP contribution in [0.5, 0.6) is 0 Å². The van der Waals surface area contributed by atoms with Crippen LogP contribution in [-0.2, 0) is 0 Å². The number of hydrogen-bond donors (Lipinski definition) is 0. The van der Waals surface area contributed by atoms with E-state index in [1.54, 1.807) is 0 Å². The van der Waals surface area contributed by atoms with Crippen LogP contribution in [0.1, 0.15) is 0 Å². The van der Waals surface area contributed by atoms with E-state index in [4.69, 9.17) is 11.6 Å². The summed E-state index contributed by atoms with van der Waals surface area (Å²) in [6, 6.07) is 19.0. The van der Waals surface area contributed by atoms with E-state index in [1.807, 2.05) is 62.6 Å². The topological polar surface area (TPSA) is 16.1 Å². The summed E-state index contributed by atoms with van der Waals surface area (Å²) in [5.41, 5.74) is 3.99. The molecule has 0 bridgehead atoms. The maximum Gasteiger partial charge on any atom is 0.139 e. The number of rotatable bonds is 2. The molecule has 2 aromatic carbocycles. The average Bonchev–Trinajstić information content (AvgIpc) is 2.46. The van der Waals surface area contributed by atoms with Crippen molar-refractivity contribution in [2.75, 3.05) is 19.0 Å². The average molecular weight is 282 g/mol. The van der Waals surface area contributed by atoms with Crippen LogP contribution >= 0.6 is 11.6 Å². The number of fused-ring (bicyclic) bond motifs is 1. The molecule has 0 aliphatic carbocycles. The zero-order chi connectivity index (χ0) is 14.1. The number of nitrogens with zero attached hydrogens (tertiary/aromatic N) is 2. The van der Waals surface area contributed by atoms with Crippen molar-refractivity contribution in [1.29, 1.82) is 0 Å². The fourth-order valence-electron chi connectivity index (χ4n) is 2.43. The summed E-state index contributed by atoms with van der Waals surface area (Å²) in [7, 11) is 4.04. The van der Waals surface area contributed by atoms with Gasteiger partial charge in [-0.25, -0.2) is 4.98 Å². The second-order valence-corrected chi connectivity index (χ2v) is 5.19. The summed E-state index contributed by atoms with van der Waals surface area (Å²) in [6.07, 6.45) is 0. The predicted octanol–water partition coefficient (Wildman–Crippen LogP) is 4.42. The Balaban J connectivity index is 2.42. The summed E-state index contributed by atoms with van der Waals surface area (Å²) in [6.45, 7) is 0. The van der Waals surface area contributed by atoms with E-state index < -0.39 is 0 Å². The Kier molecular flexibility index (Phi) is 3.33. The first kappa shape index (κ1) is 12.9. The molecule has 3 heteroatoms. The minimum atomic E-state index is 0.526. The molecule has 1 radical (unpaired) electrons. The van der Waals surface area contributed by atoms with Gasteiger partial charge in [-0.1, -0.05) is 48.0 Å². The van der Waals surface area contributed by atoms with Gasteiger partial charge in [0, 0.05) is 25.0 Å². The zero-order valence-corrected chi connectivity index (χ0v) is 12.1. The second kappa shape index (κ2) is 5.14. The van der Waals surface area contributed by atoms with Crippen LogP contribution in [0.25, 0.3) is 22.0 Å². The molecule has 20 heavy (non-hydrogen) atoms. The summed E-state index contributed by atoms with van der Waals surface area (Å²) in [5.74, 6) is 0. The van der Waals surface area contributed by atoms with Crippen LogP contribution in [0.4, 0.5) is 5.69 Å². The van der Waals surface area contributed by atoms with E-state index in [2.05, 4.69) is 16.0 Å². The normalized spacial score (nSPS) is 10.8. The van der Waals surface area contributed by atoms with E-state index in [1.165, 1.54) is 0 Å². The van der Waals surface area contributed by atoms with Crippen LogP contribution in [0.3, 0.4) is 0 Å². The highest BCUT2D eigenvalue weighted by atomic mass is 35.5. The summed E-state index contributed by atoms with van der Waals surface area (Å²) in [4.78, 5) is 6.59. The lowest BCUT2D eigenvalue weighted by molar-refractivity contribution is 1.14. The van der Waals surface area contributed by atoms with Gasteiger partial charge < -0.3 is 4.90 Å². The fourth-order valence-corrected chi connectivity index (χ4v) is 2.72. The van der Waals surface area contributed by atoms with Gasteiger partial charge in [0.05, 0.1) is 11.2 Å². The number of hydrogen-bond acceptors (Lipinski definition) is 2. The molecular formula is C17H14ClN2. The standard InChI is InChI=1S/C17H14ClN2/c1-20(2)16-13-10-6-7-11-14(13)19-17(18)15(16)12-8-4-3-5-9-12/h3-5,7-11H,1-2H3. The van der Waals surface area contributed by atoms with Crippen molar-refractivity contribution in [3.05, 3.63) is 59.8 Å². The maximum atomic E-state index is 6.44. The molecule has 0 spiro atoms. The summed E-state index contributed by atoms with van der Waals surface area (Å²) in [5, 5.41) is 1.58. The third-order valence-electron chi connectivity index (χ3n) is 3.27. The first-order valence-corrected chi connectivity index (χ1v) is 6.78. The van der Waals surface area contributed by atoms with Crippen molar-refractivity contribution in [3.8, 4) is 11.1 Å². The van der Waals surface area contributed by atoms with Crippen molar-refractivity contribution >= 4 is 28.2 Å². The largest absolute Gasteiger partial charge is 0.377 e. The van der Waals surface area contributed by atoms with Crippen LogP contribution < -0.4 is 4.90 Å². The first-order chi connectivity index (χ1) is 9.68. The fraction of sp³-hybridized carbons (Fsp3) is 0.118. The van der Waals surface area contributed by atoms with Crippen molar-refractivity contribution in [2.45, 2.75) is 0 Å². The molecule has 0 fully saturated rings. The van der Waals surface area contributed by atoms with Crippen LogP contribution in [-0.4, -0.2) is 19.1 Å². The Bertz CT molecular complexity index is 752. The van der Waals surface area contributed by atoms with Gasteiger partial charge in [-0.3, -0.25) is 0 Å². The molecule has 0 N–H and O–H groups in total. The Labute approximate surface area is 123 Å². The van der Waals surface area contributed by atoms with Gasteiger partial charge in [-0.05, 0) is 23.8 Å². The first-order valence-electron chi connectivity index (χ1n) is 6.40. The number of benzene rings is 2. The molecule has 0 amide bonds. The number of anilines is 1. The molecule has 0 saturated heterocycles. The molecule has 0 atom stereocenters. The van der Waals surface area contributed by atoms with Crippen molar-refractivity contribution < 1.29 is 0 Å². The number of pyridine rings is 1. The molecule has 0 aliphatic rings. The number of aromatic nitrogens is 1. The Morgan fingerprint density at radius 3 is 2.55 bits per heavy atom. The van der Waals surface area contributed by atoms with E-state index in [-0.39, 0.29) is 0 Å². The van der Waals surface area contributed by atoms with E-state index >= 15 is 0 Å². The SMILES string of the molecule is CN(C)c1c(-c2ccccc2)c(Cl)nc2cc[c]cc12. The molecule has 0 unspecified atom stereocenters. The second-order valence-electron chi connectivity index (χ2n) is 4.83. The highest BCUT2D eigenvalue weighted by molar-refractivity contribution is 6.34. The molecule has 1 heterocycles. The monoisotopic (exact) mass is 281 g/mol. The lowest BCUT2D eigenvalue weighted by Gasteiger charge is -2.21. The Morgan fingerprint density at radius 2 is 1.85 bits per heavy atom. The molecule has 3 rings (SSSR count). The molecule has 99 valence electrons.